The van der Waals surface area contributed by atoms with Gasteiger partial charge in [-0.15, -0.1) is 0 Å². The molecular formula is C10H22O10S. The Kier molecular flexibility index (Phi) is 8.77. The van der Waals surface area contributed by atoms with Crippen LogP contribution in [0.1, 0.15) is 13.8 Å². The molecule has 128 valence electrons. The largest absolute Gasteiger partial charge is 0.394 e. The number of ether oxygens (including phenoxy) is 2. The average Bonchev–Trinajstić information content (AvgIpc) is 2.31. The Morgan fingerprint density at radius 1 is 1.14 bits per heavy atom. The molecule has 0 aliphatic carbocycles. The van der Waals surface area contributed by atoms with Crippen molar-refractivity contribution in [2.45, 2.75) is 44.6 Å². The van der Waals surface area contributed by atoms with Gasteiger partial charge in [-0.25, -0.2) is 0 Å². The number of rotatable bonds is 4. The average molecular weight is 334 g/mol. The molecule has 1 heterocycles. The molecule has 0 spiro atoms. The van der Waals surface area contributed by atoms with Gasteiger partial charge in [-0.3, -0.25) is 9.11 Å². The predicted molar refractivity (Wildman–Crippen MR) is 68.7 cm³/mol. The quantitative estimate of drug-likeness (QED) is 0.310. The molecule has 0 aromatic rings. The number of aliphatic hydroxyl groups excluding tert-OH is 4. The second-order valence-electron chi connectivity index (χ2n) is 4.87. The van der Waals surface area contributed by atoms with E-state index in [2.05, 4.69) is 0 Å². The van der Waals surface area contributed by atoms with Gasteiger partial charge in [0.2, 0.25) is 0 Å². The molecule has 0 saturated carbocycles. The van der Waals surface area contributed by atoms with Gasteiger partial charge >= 0.3 is 10.4 Å². The fourth-order valence-corrected chi connectivity index (χ4v) is 1.56. The zero-order valence-electron chi connectivity index (χ0n) is 11.6. The molecule has 21 heavy (non-hydrogen) atoms. The molecule has 5 atom stereocenters. The van der Waals surface area contributed by atoms with Crippen LogP contribution in [0.4, 0.5) is 0 Å². The van der Waals surface area contributed by atoms with Gasteiger partial charge in [0.15, 0.2) is 6.29 Å². The highest BCUT2D eigenvalue weighted by atomic mass is 32.3. The molecule has 6 N–H and O–H groups in total. The highest BCUT2D eigenvalue weighted by Gasteiger charge is 2.44. The zero-order chi connectivity index (χ0) is 16.8. The van der Waals surface area contributed by atoms with Gasteiger partial charge in [-0.2, -0.15) is 8.42 Å². The summed E-state index contributed by atoms with van der Waals surface area (Å²) >= 11 is 0. The van der Waals surface area contributed by atoms with E-state index in [0.717, 1.165) is 0 Å². The highest BCUT2D eigenvalue weighted by molar-refractivity contribution is 7.79. The monoisotopic (exact) mass is 334 g/mol. The fraction of sp³-hybridized carbons (Fsp3) is 1.00. The first-order chi connectivity index (χ1) is 9.47. The zero-order valence-corrected chi connectivity index (χ0v) is 12.4. The summed E-state index contributed by atoms with van der Waals surface area (Å²) in [5, 5.41) is 37.7. The Morgan fingerprint density at radius 2 is 1.62 bits per heavy atom. The van der Waals surface area contributed by atoms with E-state index in [9.17, 15) is 15.3 Å². The van der Waals surface area contributed by atoms with Crippen molar-refractivity contribution in [3.63, 3.8) is 0 Å². The van der Waals surface area contributed by atoms with Crippen molar-refractivity contribution in [1.82, 2.24) is 0 Å². The van der Waals surface area contributed by atoms with Gasteiger partial charge in [0.05, 0.1) is 6.61 Å². The maximum absolute atomic E-state index is 9.70. The normalized spacial score (nSPS) is 33.5. The van der Waals surface area contributed by atoms with Crippen LogP contribution in [0.3, 0.4) is 0 Å². The molecule has 1 fully saturated rings. The lowest BCUT2D eigenvalue weighted by molar-refractivity contribution is -0.297. The maximum Gasteiger partial charge on any atom is 0.394 e. The smallest absolute Gasteiger partial charge is 0.394 e. The molecule has 1 aliphatic heterocycles. The van der Waals surface area contributed by atoms with E-state index in [4.69, 9.17) is 32.1 Å². The van der Waals surface area contributed by atoms with Crippen LogP contribution in [-0.4, -0.2) is 81.9 Å². The second-order valence-corrected chi connectivity index (χ2v) is 5.76. The SMILES string of the molecule is CC(C)CO[C@@H]1[C@@H](O)[C@@H](O)[C@@H](CO)O[C@H]1O.O=S(=O)(O)O. The first-order valence-electron chi connectivity index (χ1n) is 6.09. The predicted octanol–water partition coefficient (Wildman–Crippen LogP) is -2.19. The maximum atomic E-state index is 9.70. The fourth-order valence-electron chi connectivity index (χ4n) is 1.56. The third-order valence-electron chi connectivity index (χ3n) is 2.46. The van der Waals surface area contributed by atoms with E-state index in [0.29, 0.717) is 6.61 Å². The summed E-state index contributed by atoms with van der Waals surface area (Å²) in [6.45, 7) is 3.73. The lowest BCUT2D eigenvalue weighted by Crippen LogP contribution is -2.59. The van der Waals surface area contributed by atoms with Crippen molar-refractivity contribution in [3.05, 3.63) is 0 Å². The van der Waals surface area contributed by atoms with Crippen LogP contribution in [0.15, 0.2) is 0 Å². The summed E-state index contributed by atoms with van der Waals surface area (Å²) in [5.74, 6) is 0.243. The van der Waals surface area contributed by atoms with Crippen LogP contribution in [-0.2, 0) is 19.9 Å². The summed E-state index contributed by atoms with van der Waals surface area (Å²) in [7, 11) is -4.67. The van der Waals surface area contributed by atoms with Crippen molar-refractivity contribution < 1.29 is 47.4 Å². The molecular weight excluding hydrogens is 312 g/mol. The second kappa shape index (κ2) is 8.92. The van der Waals surface area contributed by atoms with Crippen LogP contribution in [0.25, 0.3) is 0 Å². The van der Waals surface area contributed by atoms with E-state index in [-0.39, 0.29) is 5.92 Å². The van der Waals surface area contributed by atoms with Gasteiger partial charge in [-0.1, -0.05) is 13.8 Å². The molecule has 0 radical (unpaired) electrons. The summed E-state index contributed by atoms with van der Waals surface area (Å²) in [6.07, 6.45) is -5.83. The topological polar surface area (TPSA) is 174 Å². The van der Waals surface area contributed by atoms with Crippen LogP contribution < -0.4 is 0 Å². The molecule has 0 bridgehead atoms. The van der Waals surface area contributed by atoms with E-state index in [1.807, 2.05) is 13.8 Å². The summed E-state index contributed by atoms with van der Waals surface area (Å²) in [6, 6.07) is 0. The van der Waals surface area contributed by atoms with Gasteiger partial charge < -0.3 is 29.9 Å². The summed E-state index contributed by atoms with van der Waals surface area (Å²) in [5.41, 5.74) is 0. The van der Waals surface area contributed by atoms with Crippen molar-refractivity contribution in [2.24, 2.45) is 5.92 Å². The Bertz CT molecular complexity index is 375. The standard InChI is InChI=1S/C10H20O6.H2O4S/c1-5(2)4-15-9-8(13)7(12)6(3-11)16-10(9)14;1-5(2,3)4/h5-14H,3-4H2,1-2H3;(H2,1,2,3,4)/t6-,7+,8+,9-,10-;/m1./s1. The van der Waals surface area contributed by atoms with Crippen molar-refractivity contribution >= 4 is 10.4 Å². The van der Waals surface area contributed by atoms with E-state index >= 15 is 0 Å². The van der Waals surface area contributed by atoms with Gasteiger partial charge in [0, 0.05) is 6.61 Å². The number of hydrogen-bond donors (Lipinski definition) is 6. The van der Waals surface area contributed by atoms with E-state index in [1.54, 1.807) is 0 Å². The molecule has 1 saturated heterocycles. The lowest BCUT2D eigenvalue weighted by Gasteiger charge is -2.40. The van der Waals surface area contributed by atoms with Crippen LogP contribution >= 0.6 is 0 Å². The van der Waals surface area contributed by atoms with Crippen LogP contribution in [0.2, 0.25) is 0 Å². The van der Waals surface area contributed by atoms with Crippen LogP contribution in [0.5, 0.6) is 0 Å². The van der Waals surface area contributed by atoms with Crippen molar-refractivity contribution in [1.29, 1.82) is 0 Å². The van der Waals surface area contributed by atoms with Crippen LogP contribution in [0, 0.1) is 5.92 Å². The third-order valence-corrected chi connectivity index (χ3v) is 2.46. The summed E-state index contributed by atoms with van der Waals surface area (Å²) in [4.78, 5) is 0. The van der Waals surface area contributed by atoms with Gasteiger partial charge in [-0.05, 0) is 5.92 Å². The molecule has 0 unspecified atom stereocenters. The molecule has 0 aromatic heterocycles. The molecule has 1 rings (SSSR count). The Labute approximate surface area is 122 Å². The molecule has 11 heteroatoms. The Hall–Kier alpha value is -0.370. The van der Waals surface area contributed by atoms with Crippen molar-refractivity contribution in [2.75, 3.05) is 13.2 Å². The first-order valence-corrected chi connectivity index (χ1v) is 7.49. The number of hydrogen-bond acceptors (Lipinski definition) is 8. The van der Waals surface area contributed by atoms with E-state index < -0.39 is 47.7 Å². The minimum absolute atomic E-state index is 0.243. The Balaban J connectivity index is 0.000000690. The number of aliphatic hydroxyl groups is 4. The highest BCUT2D eigenvalue weighted by Crippen LogP contribution is 2.22. The molecule has 0 amide bonds. The van der Waals surface area contributed by atoms with Crippen molar-refractivity contribution in [3.8, 4) is 0 Å². The lowest BCUT2D eigenvalue weighted by atomic mass is 9.99. The minimum Gasteiger partial charge on any atom is -0.394 e. The first kappa shape index (κ1) is 20.6. The molecule has 0 aromatic carbocycles. The molecule has 1 aliphatic rings. The minimum atomic E-state index is -4.67. The third kappa shape index (κ3) is 8.60. The van der Waals surface area contributed by atoms with Gasteiger partial charge in [0.25, 0.3) is 0 Å². The summed E-state index contributed by atoms with van der Waals surface area (Å²) < 4.78 is 41.8. The Morgan fingerprint density at radius 3 is 2.00 bits per heavy atom. The molecule has 10 nitrogen and oxygen atoms in total. The van der Waals surface area contributed by atoms with E-state index in [1.165, 1.54) is 0 Å². The van der Waals surface area contributed by atoms with Gasteiger partial charge in [0.1, 0.15) is 24.4 Å².